The number of piperazine rings is 1. The Labute approximate surface area is 219 Å². The van der Waals surface area contributed by atoms with Gasteiger partial charge in [-0.1, -0.05) is 48.5 Å². The zero-order valence-corrected chi connectivity index (χ0v) is 21.7. The van der Waals surface area contributed by atoms with Crippen LogP contribution in [0, 0.1) is 6.92 Å². The Morgan fingerprint density at radius 2 is 1.59 bits per heavy atom. The van der Waals surface area contributed by atoms with Crippen molar-refractivity contribution >= 4 is 23.2 Å². The van der Waals surface area contributed by atoms with Crippen molar-refractivity contribution in [3.63, 3.8) is 0 Å². The van der Waals surface area contributed by atoms with Gasteiger partial charge in [-0.15, -0.1) is 0 Å². The average Bonchev–Trinajstić information content (AvgIpc) is 2.92. The van der Waals surface area contributed by atoms with Crippen molar-refractivity contribution in [3.05, 3.63) is 95.1 Å². The molecule has 0 unspecified atom stereocenters. The van der Waals surface area contributed by atoms with Gasteiger partial charge in [0.05, 0.1) is 5.56 Å². The van der Waals surface area contributed by atoms with Crippen LogP contribution in [0.5, 0.6) is 0 Å². The van der Waals surface area contributed by atoms with Crippen LogP contribution in [0.15, 0.2) is 72.8 Å². The third-order valence-corrected chi connectivity index (χ3v) is 6.66. The maximum Gasteiger partial charge on any atom is 0.255 e. The zero-order valence-electron chi connectivity index (χ0n) is 21.7. The number of anilines is 2. The molecule has 0 aliphatic carbocycles. The molecular weight excluding hydrogens is 464 g/mol. The number of benzene rings is 3. The summed E-state index contributed by atoms with van der Waals surface area (Å²) in [6, 6.07) is 23.6. The molecule has 3 aromatic carbocycles. The van der Waals surface area contributed by atoms with Gasteiger partial charge in [0.2, 0.25) is 0 Å². The van der Waals surface area contributed by atoms with Crippen molar-refractivity contribution < 1.29 is 14.3 Å². The highest BCUT2D eigenvalue weighted by Gasteiger charge is 2.22. The summed E-state index contributed by atoms with van der Waals surface area (Å²) >= 11 is 0. The van der Waals surface area contributed by atoms with E-state index in [4.69, 9.17) is 4.74 Å². The Morgan fingerprint density at radius 1 is 0.865 bits per heavy atom. The van der Waals surface area contributed by atoms with Gasteiger partial charge in [0.15, 0.2) is 0 Å². The van der Waals surface area contributed by atoms with Crippen molar-refractivity contribution in [1.82, 2.24) is 10.2 Å². The minimum Gasteiger partial charge on any atom is -0.385 e. The molecule has 37 heavy (non-hydrogen) atoms. The van der Waals surface area contributed by atoms with E-state index in [2.05, 4.69) is 44.7 Å². The number of hydrogen-bond donors (Lipinski definition) is 2. The summed E-state index contributed by atoms with van der Waals surface area (Å²) in [5.74, 6) is -0.336. The highest BCUT2D eigenvalue weighted by atomic mass is 16.5. The first-order chi connectivity index (χ1) is 18.0. The topological polar surface area (TPSA) is 73.9 Å². The first kappa shape index (κ1) is 26.4. The number of aryl methyl sites for hydroxylation is 1. The minimum atomic E-state index is -0.188. The fourth-order valence-corrected chi connectivity index (χ4v) is 4.60. The van der Waals surface area contributed by atoms with E-state index in [9.17, 15) is 9.59 Å². The van der Waals surface area contributed by atoms with Crippen LogP contribution in [0.1, 0.15) is 38.3 Å². The average molecular weight is 501 g/mol. The number of nitrogens with one attached hydrogen (secondary N) is 2. The van der Waals surface area contributed by atoms with E-state index in [-0.39, 0.29) is 11.8 Å². The standard InChI is InChI=1S/C30H36N4O3/c1-23-9-6-7-12-26(23)30(36)32-25-13-14-28(27(21-25)29(35)31-15-8-20-37-2)34-18-16-33(17-19-34)22-24-10-4-3-5-11-24/h3-7,9-14,21H,8,15-20,22H2,1-2H3,(H,31,35)(H,32,36). The van der Waals surface area contributed by atoms with Gasteiger partial charge in [-0.05, 0) is 48.7 Å². The molecule has 0 aromatic heterocycles. The lowest BCUT2D eigenvalue weighted by Crippen LogP contribution is -2.46. The van der Waals surface area contributed by atoms with Crippen LogP contribution < -0.4 is 15.5 Å². The molecule has 1 heterocycles. The molecule has 0 atom stereocenters. The molecule has 4 rings (SSSR count). The summed E-state index contributed by atoms with van der Waals surface area (Å²) in [7, 11) is 1.65. The summed E-state index contributed by atoms with van der Waals surface area (Å²) < 4.78 is 5.10. The van der Waals surface area contributed by atoms with E-state index in [1.54, 1.807) is 19.2 Å². The van der Waals surface area contributed by atoms with E-state index in [0.29, 0.717) is 30.0 Å². The third kappa shape index (κ3) is 7.18. The number of carbonyl (C=O) groups is 2. The Balaban J connectivity index is 1.49. The van der Waals surface area contributed by atoms with Crippen LogP contribution in [-0.4, -0.2) is 63.2 Å². The quantitative estimate of drug-likeness (QED) is 0.405. The number of amides is 2. The molecule has 1 fully saturated rings. The van der Waals surface area contributed by atoms with Crippen LogP contribution in [-0.2, 0) is 11.3 Å². The minimum absolute atomic E-state index is 0.148. The van der Waals surface area contributed by atoms with Gasteiger partial charge in [-0.2, -0.15) is 0 Å². The van der Waals surface area contributed by atoms with E-state index in [0.717, 1.165) is 50.4 Å². The molecule has 7 heteroatoms. The fourth-order valence-electron chi connectivity index (χ4n) is 4.60. The lowest BCUT2D eigenvalue weighted by molar-refractivity contribution is 0.0947. The van der Waals surface area contributed by atoms with Crippen LogP contribution in [0.4, 0.5) is 11.4 Å². The van der Waals surface area contributed by atoms with Crippen LogP contribution >= 0.6 is 0 Å². The predicted octanol–water partition coefficient (Wildman–Crippen LogP) is 4.34. The van der Waals surface area contributed by atoms with E-state index >= 15 is 0 Å². The Morgan fingerprint density at radius 3 is 2.32 bits per heavy atom. The number of rotatable bonds is 10. The molecule has 0 saturated carbocycles. The van der Waals surface area contributed by atoms with Crippen LogP contribution in [0.3, 0.4) is 0 Å². The molecule has 2 N–H and O–H groups in total. The number of nitrogens with zero attached hydrogens (tertiary/aromatic N) is 2. The number of methoxy groups -OCH3 is 1. The normalized spacial score (nSPS) is 13.8. The summed E-state index contributed by atoms with van der Waals surface area (Å²) in [5, 5.41) is 5.98. The zero-order chi connectivity index (χ0) is 26.0. The van der Waals surface area contributed by atoms with E-state index < -0.39 is 0 Å². The lowest BCUT2D eigenvalue weighted by Gasteiger charge is -2.37. The van der Waals surface area contributed by atoms with Gasteiger partial charge in [-0.25, -0.2) is 0 Å². The van der Waals surface area contributed by atoms with Crippen molar-refractivity contribution in [3.8, 4) is 0 Å². The van der Waals surface area contributed by atoms with Gasteiger partial charge in [0.25, 0.3) is 11.8 Å². The molecule has 1 aliphatic heterocycles. The molecule has 0 bridgehead atoms. The van der Waals surface area contributed by atoms with Crippen molar-refractivity contribution in [2.75, 3.05) is 56.7 Å². The smallest absolute Gasteiger partial charge is 0.255 e. The van der Waals surface area contributed by atoms with Crippen molar-refractivity contribution in [1.29, 1.82) is 0 Å². The molecule has 2 amide bonds. The molecule has 0 radical (unpaired) electrons. The first-order valence-corrected chi connectivity index (χ1v) is 12.8. The highest BCUT2D eigenvalue weighted by molar-refractivity contribution is 6.07. The third-order valence-electron chi connectivity index (χ3n) is 6.66. The maximum absolute atomic E-state index is 13.2. The monoisotopic (exact) mass is 500 g/mol. The Kier molecular flexibility index (Phi) is 9.29. The Bertz CT molecular complexity index is 1190. The largest absolute Gasteiger partial charge is 0.385 e. The van der Waals surface area contributed by atoms with Gasteiger partial charge in [-0.3, -0.25) is 14.5 Å². The predicted molar refractivity (Wildman–Crippen MR) is 148 cm³/mol. The van der Waals surface area contributed by atoms with E-state index in [1.165, 1.54) is 5.56 Å². The van der Waals surface area contributed by atoms with Crippen molar-refractivity contribution in [2.45, 2.75) is 19.9 Å². The maximum atomic E-state index is 13.2. The Hall–Kier alpha value is -3.68. The molecule has 3 aromatic rings. The molecule has 1 saturated heterocycles. The van der Waals surface area contributed by atoms with Gasteiger partial charge in [0, 0.05) is 69.9 Å². The molecule has 0 spiro atoms. The van der Waals surface area contributed by atoms with Gasteiger partial charge < -0.3 is 20.3 Å². The molecule has 7 nitrogen and oxygen atoms in total. The summed E-state index contributed by atoms with van der Waals surface area (Å²) in [6.45, 7) is 7.42. The van der Waals surface area contributed by atoms with Gasteiger partial charge in [0.1, 0.15) is 0 Å². The number of carbonyl (C=O) groups excluding carboxylic acids is 2. The number of hydrogen-bond acceptors (Lipinski definition) is 5. The second-order valence-corrected chi connectivity index (χ2v) is 9.35. The summed E-state index contributed by atoms with van der Waals surface area (Å²) in [5.41, 5.74) is 4.88. The second kappa shape index (κ2) is 13.0. The number of ether oxygens (including phenoxy) is 1. The fraction of sp³-hybridized carbons (Fsp3) is 0.333. The SMILES string of the molecule is COCCCNC(=O)c1cc(NC(=O)c2ccccc2C)ccc1N1CCN(Cc2ccccc2)CC1. The summed E-state index contributed by atoms with van der Waals surface area (Å²) in [6.07, 6.45) is 0.736. The molecular formula is C30H36N4O3. The molecule has 1 aliphatic rings. The van der Waals surface area contributed by atoms with Gasteiger partial charge >= 0.3 is 0 Å². The highest BCUT2D eigenvalue weighted by Crippen LogP contribution is 2.27. The van der Waals surface area contributed by atoms with Crippen molar-refractivity contribution in [2.24, 2.45) is 0 Å². The van der Waals surface area contributed by atoms with Crippen LogP contribution in [0.25, 0.3) is 0 Å². The lowest BCUT2D eigenvalue weighted by atomic mass is 10.1. The first-order valence-electron chi connectivity index (χ1n) is 12.8. The summed E-state index contributed by atoms with van der Waals surface area (Å²) in [4.78, 5) is 30.8. The van der Waals surface area contributed by atoms with E-state index in [1.807, 2.05) is 43.3 Å². The van der Waals surface area contributed by atoms with Crippen LogP contribution in [0.2, 0.25) is 0 Å². The molecule has 194 valence electrons. The second-order valence-electron chi connectivity index (χ2n) is 9.35.